The van der Waals surface area contributed by atoms with E-state index < -0.39 is 39.5 Å². The quantitative estimate of drug-likeness (QED) is 0.610. The van der Waals surface area contributed by atoms with E-state index >= 15 is 0 Å². The highest BCUT2D eigenvalue weighted by Gasteiger charge is 2.36. The van der Waals surface area contributed by atoms with Gasteiger partial charge >= 0.3 is 0 Å². The van der Waals surface area contributed by atoms with E-state index in [4.69, 9.17) is 0 Å². The molecule has 2 aromatic carbocycles. The lowest BCUT2D eigenvalue weighted by molar-refractivity contribution is 0.0548. The molecule has 1 aromatic heterocycles. The number of aliphatic hydroxyl groups is 1. The molecule has 30 heavy (non-hydrogen) atoms. The molecular formula is C19H16F3N3O4S. The van der Waals surface area contributed by atoms with Crippen LogP contribution in [-0.2, 0) is 17.1 Å². The van der Waals surface area contributed by atoms with Crippen LogP contribution >= 0.6 is 0 Å². The molecule has 0 atom stereocenters. The molecule has 1 fully saturated rings. The molecule has 0 radical (unpaired) electrons. The van der Waals surface area contributed by atoms with Crippen LogP contribution in [0.15, 0.2) is 41.4 Å². The minimum absolute atomic E-state index is 0.0508. The number of aliphatic hydroxyl groups excluding tert-OH is 1. The van der Waals surface area contributed by atoms with E-state index in [1.807, 2.05) is 0 Å². The molecule has 158 valence electrons. The summed E-state index contributed by atoms with van der Waals surface area (Å²) in [6.45, 7) is -0.102. The Morgan fingerprint density at radius 1 is 1.13 bits per heavy atom. The number of fused-ring (bicyclic) bond motifs is 1. The SMILES string of the molecule is Cn1ccc2cc(S(=O)(=O)N3CC(O)C3)cc(C(=O)Nc3cc(F)c(F)c(F)c3)c21. The van der Waals surface area contributed by atoms with Crippen molar-refractivity contribution in [3.63, 3.8) is 0 Å². The summed E-state index contributed by atoms with van der Waals surface area (Å²) in [6, 6.07) is 5.44. The van der Waals surface area contributed by atoms with Crippen LogP contribution < -0.4 is 5.32 Å². The summed E-state index contributed by atoms with van der Waals surface area (Å²) >= 11 is 0. The minimum atomic E-state index is -3.95. The average Bonchev–Trinajstić information content (AvgIpc) is 3.03. The zero-order chi connectivity index (χ0) is 21.8. The molecule has 11 heteroatoms. The van der Waals surface area contributed by atoms with Crippen molar-refractivity contribution in [2.45, 2.75) is 11.0 Å². The van der Waals surface area contributed by atoms with Crippen LogP contribution in [0.4, 0.5) is 18.9 Å². The van der Waals surface area contributed by atoms with Gasteiger partial charge in [0.2, 0.25) is 10.0 Å². The number of hydrogen-bond acceptors (Lipinski definition) is 4. The van der Waals surface area contributed by atoms with Crippen molar-refractivity contribution in [1.82, 2.24) is 8.87 Å². The number of benzene rings is 2. The van der Waals surface area contributed by atoms with Crippen molar-refractivity contribution in [1.29, 1.82) is 0 Å². The van der Waals surface area contributed by atoms with Gasteiger partial charge in [-0.05, 0) is 18.2 Å². The fourth-order valence-electron chi connectivity index (χ4n) is 3.33. The highest BCUT2D eigenvalue weighted by atomic mass is 32.2. The van der Waals surface area contributed by atoms with Crippen molar-refractivity contribution < 1.29 is 31.5 Å². The van der Waals surface area contributed by atoms with Crippen molar-refractivity contribution in [2.75, 3.05) is 18.4 Å². The van der Waals surface area contributed by atoms with E-state index in [-0.39, 0.29) is 29.2 Å². The molecule has 7 nitrogen and oxygen atoms in total. The lowest BCUT2D eigenvalue weighted by Gasteiger charge is -2.34. The van der Waals surface area contributed by atoms with Crippen LogP contribution in [0.2, 0.25) is 0 Å². The highest BCUT2D eigenvalue weighted by molar-refractivity contribution is 7.89. The Balaban J connectivity index is 1.77. The first kappa shape index (κ1) is 20.4. The second kappa shape index (κ2) is 7.11. The van der Waals surface area contributed by atoms with Crippen molar-refractivity contribution in [3.05, 3.63) is 59.5 Å². The summed E-state index contributed by atoms with van der Waals surface area (Å²) < 4.78 is 68.4. The third-order valence-corrected chi connectivity index (χ3v) is 6.71. The second-order valence-corrected chi connectivity index (χ2v) is 8.96. The third kappa shape index (κ3) is 3.34. The van der Waals surface area contributed by atoms with Crippen LogP contribution in [0, 0.1) is 17.5 Å². The predicted molar refractivity (Wildman–Crippen MR) is 102 cm³/mol. The number of carbonyl (C=O) groups is 1. The van der Waals surface area contributed by atoms with Gasteiger partial charge in [-0.15, -0.1) is 0 Å². The topological polar surface area (TPSA) is 91.6 Å². The first-order chi connectivity index (χ1) is 14.1. The van der Waals surface area contributed by atoms with E-state index in [9.17, 15) is 31.5 Å². The standard InChI is InChI=1S/C19H16F3N3O4S/c1-24-3-2-10-4-13(30(28,29)25-8-12(26)9-25)7-14(18(10)24)19(27)23-11-5-15(20)17(22)16(21)6-11/h2-7,12,26H,8-9H2,1H3,(H,23,27). The summed E-state index contributed by atoms with van der Waals surface area (Å²) in [5.74, 6) is -5.43. The molecule has 0 aliphatic carbocycles. The van der Waals surface area contributed by atoms with Gasteiger partial charge in [-0.3, -0.25) is 4.79 Å². The first-order valence-corrected chi connectivity index (χ1v) is 10.2. The number of hydrogen-bond donors (Lipinski definition) is 2. The number of carbonyl (C=O) groups excluding carboxylic acids is 1. The molecule has 2 N–H and O–H groups in total. The Labute approximate surface area is 169 Å². The van der Waals surface area contributed by atoms with Crippen LogP contribution in [0.1, 0.15) is 10.4 Å². The maximum atomic E-state index is 13.5. The summed E-state index contributed by atoms with van der Waals surface area (Å²) in [5, 5.41) is 12.1. The van der Waals surface area contributed by atoms with E-state index in [0.29, 0.717) is 23.0 Å². The molecule has 3 aromatic rings. The molecule has 4 rings (SSSR count). The molecule has 1 saturated heterocycles. The monoisotopic (exact) mass is 439 g/mol. The van der Waals surface area contributed by atoms with Gasteiger partial charge in [0.25, 0.3) is 5.91 Å². The van der Waals surface area contributed by atoms with E-state index in [2.05, 4.69) is 5.32 Å². The number of rotatable bonds is 4. The maximum Gasteiger partial charge on any atom is 0.257 e. The molecule has 1 amide bonds. The van der Waals surface area contributed by atoms with Gasteiger partial charge in [0.1, 0.15) is 0 Å². The zero-order valence-electron chi connectivity index (χ0n) is 15.6. The Morgan fingerprint density at radius 2 is 1.77 bits per heavy atom. The average molecular weight is 439 g/mol. The number of sulfonamides is 1. The van der Waals surface area contributed by atoms with Crippen molar-refractivity contribution in [2.24, 2.45) is 7.05 Å². The molecule has 0 unspecified atom stereocenters. The van der Waals surface area contributed by atoms with Crippen LogP contribution in [-0.4, -0.2) is 47.5 Å². The number of halogens is 3. The van der Waals surface area contributed by atoms with Gasteiger partial charge in [-0.1, -0.05) is 0 Å². The summed E-state index contributed by atoms with van der Waals surface area (Å²) in [6.07, 6.45) is 0.883. The second-order valence-electron chi connectivity index (χ2n) is 7.02. The van der Waals surface area contributed by atoms with Crippen molar-refractivity contribution >= 4 is 32.5 Å². The van der Waals surface area contributed by atoms with Gasteiger partial charge in [0, 0.05) is 49.5 Å². The van der Waals surface area contributed by atoms with Crippen LogP contribution in [0.25, 0.3) is 10.9 Å². The van der Waals surface area contributed by atoms with Crippen LogP contribution in [0.3, 0.4) is 0 Å². The molecule has 2 heterocycles. The fourth-order valence-corrected chi connectivity index (χ4v) is 4.90. The van der Waals surface area contributed by atoms with Crippen molar-refractivity contribution in [3.8, 4) is 0 Å². The molecule has 1 aliphatic rings. The van der Waals surface area contributed by atoms with Gasteiger partial charge in [-0.2, -0.15) is 4.31 Å². The predicted octanol–water partition coefficient (Wildman–Crippen LogP) is 2.21. The van der Waals surface area contributed by atoms with Gasteiger partial charge < -0.3 is 15.0 Å². The number of aryl methyl sites for hydroxylation is 1. The molecule has 0 bridgehead atoms. The molecule has 0 saturated carbocycles. The lowest BCUT2D eigenvalue weighted by atomic mass is 10.1. The zero-order valence-corrected chi connectivity index (χ0v) is 16.4. The Morgan fingerprint density at radius 3 is 2.37 bits per heavy atom. The molecule has 1 aliphatic heterocycles. The van der Waals surface area contributed by atoms with Crippen LogP contribution in [0.5, 0.6) is 0 Å². The summed E-state index contributed by atoms with van der Waals surface area (Å²) in [7, 11) is -2.30. The fraction of sp³-hybridized carbons (Fsp3) is 0.211. The van der Waals surface area contributed by atoms with Gasteiger partial charge in [-0.25, -0.2) is 21.6 Å². The Bertz CT molecular complexity index is 1260. The lowest BCUT2D eigenvalue weighted by Crippen LogP contribution is -2.53. The number of nitrogens with one attached hydrogen (secondary N) is 1. The Kier molecular flexibility index (Phi) is 4.83. The maximum absolute atomic E-state index is 13.5. The highest BCUT2D eigenvalue weighted by Crippen LogP contribution is 2.29. The van der Waals surface area contributed by atoms with E-state index in [1.54, 1.807) is 23.9 Å². The number of aromatic nitrogens is 1. The smallest absolute Gasteiger partial charge is 0.257 e. The largest absolute Gasteiger partial charge is 0.390 e. The van der Waals surface area contributed by atoms with E-state index in [1.165, 1.54) is 6.07 Å². The normalized spacial score (nSPS) is 15.4. The van der Waals surface area contributed by atoms with Gasteiger partial charge in [0.15, 0.2) is 17.5 Å². The number of β-amino-alcohol motifs (C(OH)–C–C–N with tert-alkyl or cyclic N) is 1. The minimum Gasteiger partial charge on any atom is -0.390 e. The number of nitrogens with zero attached hydrogens (tertiary/aromatic N) is 2. The molecule has 0 spiro atoms. The number of anilines is 1. The van der Waals surface area contributed by atoms with Gasteiger partial charge in [0.05, 0.1) is 22.1 Å². The third-order valence-electron chi connectivity index (χ3n) is 4.90. The summed E-state index contributed by atoms with van der Waals surface area (Å²) in [5.41, 5.74) is 0.0285. The first-order valence-electron chi connectivity index (χ1n) is 8.81. The Hall–Kier alpha value is -2.89. The van der Waals surface area contributed by atoms with E-state index in [0.717, 1.165) is 10.4 Å². The number of amides is 1. The molecular weight excluding hydrogens is 423 g/mol. The summed E-state index contributed by atoms with van der Waals surface area (Å²) in [4.78, 5) is 12.7.